The quantitative estimate of drug-likeness (QED) is 0.429. The second-order valence-electron chi connectivity index (χ2n) is 2.89. The van der Waals surface area contributed by atoms with Crippen molar-refractivity contribution in [2.45, 2.75) is 0 Å². The SMILES string of the molecule is COC(=O)/C=C\COc1ccccc1C=O. The standard InChI is InChI=1S/C12H12O4/c1-15-12(14)7-4-8-16-11-6-3-2-5-10(11)9-13/h2-7,9H,8H2,1H3/b7-4-. The lowest BCUT2D eigenvalue weighted by atomic mass is 10.2. The Morgan fingerprint density at radius 2 is 2.12 bits per heavy atom. The Balaban J connectivity index is 2.51. The van der Waals surface area contributed by atoms with E-state index < -0.39 is 5.97 Å². The molecule has 84 valence electrons. The molecule has 0 aromatic heterocycles. The van der Waals surface area contributed by atoms with E-state index in [0.717, 1.165) is 6.29 Å². The second-order valence-corrected chi connectivity index (χ2v) is 2.89. The van der Waals surface area contributed by atoms with E-state index >= 15 is 0 Å². The van der Waals surface area contributed by atoms with Gasteiger partial charge in [0.2, 0.25) is 0 Å². The molecule has 0 spiro atoms. The number of aldehydes is 1. The number of ether oxygens (including phenoxy) is 2. The molecular weight excluding hydrogens is 208 g/mol. The van der Waals surface area contributed by atoms with E-state index in [9.17, 15) is 9.59 Å². The molecule has 4 nitrogen and oxygen atoms in total. The zero-order valence-electron chi connectivity index (χ0n) is 8.88. The maximum atomic E-state index is 10.7. The van der Waals surface area contributed by atoms with Gasteiger partial charge in [0.15, 0.2) is 6.29 Å². The minimum Gasteiger partial charge on any atom is -0.489 e. The van der Waals surface area contributed by atoms with E-state index in [-0.39, 0.29) is 6.61 Å². The largest absolute Gasteiger partial charge is 0.489 e. The summed E-state index contributed by atoms with van der Waals surface area (Å²) in [6.07, 6.45) is 3.51. The first kappa shape index (κ1) is 12.0. The Hall–Kier alpha value is -2.10. The number of benzene rings is 1. The van der Waals surface area contributed by atoms with Crippen molar-refractivity contribution in [3.05, 3.63) is 42.0 Å². The molecule has 0 atom stereocenters. The second kappa shape index (κ2) is 6.40. The monoisotopic (exact) mass is 220 g/mol. The van der Waals surface area contributed by atoms with Crippen LogP contribution in [0.5, 0.6) is 5.75 Å². The van der Waals surface area contributed by atoms with E-state index in [1.165, 1.54) is 19.3 Å². The Morgan fingerprint density at radius 3 is 2.81 bits per heavy atom. The van der Waals surface area contributed by atoms with Gasteiger partial charge in [-0.1, -0.05) is 12.1 Å². The third-order valence-electron chi connectivity index (χ3n) is 1.84. The maximum Gasteiger partial charge on any atom is 0.330 e. The van der Waals surface area contributed by atoms with Gasteiger partial charge < -0.3 is 9.47 Å². The Labute approximate surface area is 93.5 Å². The lowest BCUT2D eigenvalue weighted by Gasteiger charge is -2.04. The summed E-state index contributed by atoms with van der Waals surface area (Å²) in [5.41, 5.74) is 0.481. The Bertz CT molecular complexity index is 396. The van der Waals surface area contributed by atoms with E-state index in [0.29, 0.717) is 11.3 Å². The lowest BCUT2D eigenvalue weighted by Crippen LogP contribution is -1.99. The van der Waals surface area contributed by atoms with Gasteiger partial charge in [-0.15, -0.1) is 0 Å². The van der Waals surface area contributed by atoms with Gasteiger partial charge >= 0.3 is 5.97 Å². The molecule has 0 radical (unpaired) electrons. The molecule has 0 heterocycles. The molecule has 0 fully saturated rings. The van der Waals surface area contributed by atoms with E-state index in [4.69, 9.17) is 4.74 Å². The molecule has 0 N–H and O–H groups in total. The van der Waals surface area contributed by atoms with Gasteiger partial charge in [0.1, 0.15) is 12.4 Å². The Kier molecular flexibility index (Phi) is 4.79. The zero-order chi connectivity index (χ0) is 11.8. The number of hydrogen-bond acceptors (Lipinski definition) is 4. The van der Waals surface area contributed by atoms with Gasteiger partial charge in [-0.25, -0.2) is 4.79 Å². The number of carbonyl (C=O) groups is 2. The van der Waals surface area contributed by atoms with E-state index in [1.807, 2.05) is 0 Å². The highest BCUT2D eigenvalue weighted by Gasteiger charge is 1.99. The van der Waals surface area contributed by atoms with Crippen LogP contribution in [0.25, 0.3) is 0 Å². The molecule has 0 amide bonds. The van der Waals surface area contributed by atoms with Crippen LogP contribution in [0.4, 0.5) is 0 Å². The third kappa shape index (κ3) is 3.57. The first-order valence-electron chi connectivity index (χ1n) is 4.69. The van der Waals surface area contributed by atoms with Crippen LogP contribution in [0, 0.1) is 0 Å². The number of para-hydroxylation sites is 1. The molecule has 0 unspecified atom stereocenters. The first-order chi connectivity index (χ1) is 7.77. The van der Waals surface area contributed by atoms with Crippen molar-refractivity contribution in [2.24, 2.45) is 0 Å². The van der Waals surface area contributed by atoms with Crippen LogP contribution in [0.3, 0.4) is 0 Å². The van der Waals surface area contributed by atoms with E-state index in [1.54, 1.807) is 24.3 Å². The lowest BCUT2D eigenvalue weighted by molar-refractivity contribution is -0.134. The predicted molar refractivity (Wildman–Crippen MR) is 58.5 cm³/mol. The van der Waals surface area contributed by atoms with Gasteiger partial charge in [-0.05, 0) is 18.2 Å². The fourth-order valence-corrected chi connectivity index (χ4v) is 1.06. The zero-order valence-corrected chi connectivity index (χ0v) is 8.88. The molecule has 1 aromatic rings. The summed E-state index contributed by atoms with van der Waals surface area (Å²) >= 11 is 0. The van der Waals surface area contributed by atoms with Gasteiger partial charge in [0, 0.05) is 6.08 Å². The van der Waals surface area contributed by atoms with E-state index in [2.05, 4.69) is 4.74 Å². The number of esters is 1. The summed E-state index contributed by atoms with van der Waals surface area (Å²) in [7, 11) is 1.30. The van der Waals surface area contributed by atoms with Crippen molar-refractivity contribution in [3.63, 3.8) is 0 Å². The highest BCUT2D eigenvalue weighted by atomic mass is 16.5. The molecule has 0 aliphatic heterocycles. The maximum absolute atomic E-state index is 10.7. The van der Waals surface area contributed by atoms with Crippen LogP contribution in [-0.2, 0) is 9.53 Å². The predicted octanol–water partition coefficient (Wildman–Crippen LogP) is 1.61. The van der Waals surface area contributed by atoms with Crippen molar-refractivity contribution in [3.8, 4) is 5.75 Å². The highest BCUT2D eigenvalue weighted by Crippen LogP contribution is 2.15. The minimum atomic E-state index is -0.438. The van der Waals surface area contributed by atoms with Gasteiger partial charge in [-0.2, -0.15) is 0 Å². The average Bonchev–Trinajstić information content (AvgIpc) is 2.34. The minimum absolute atomic E-state index is 0.208. The summed E-state index contributed by atoms with van der Waals surface area (Å²) in [4.78, 5) is 21.4. The average molecular weight is 220 g/mol. The van der Waals surface area contributed by atoms with Crippen molar-refractivity contribution >= 4 is 12.3 Å². The molecule has 0 aliphatic rings. The van der Waals surface area contributed by atoms with Crippen LogP contribution in [-0.4, -0.2) is 26.0 Å². The summed E-state index contributed by atoms with van der Waals surface area (Å²) in [5.74, 6) is 0.0549. The fourth-order valence-electron chi connectivity index (χ4n) is 1.06. The summed E-state index contributed by atoms with van der Waals surface area (Å²) in [5, 5.41) is 0. The Morgan fingerprint density at radius 1 is 1.38 bits per heavy atom. The normalized spacial score (nSPS) is 10.1. The van der Waals surface area contributed by atoms with Crippen LogP contribution < -0.4 is 4.74 Å². The molecule has 0 saturated heterocycles. The van der Waals surface area contributed by atoms with Crippen molar-refractivity contribution in [1.82, 2.24) is 0 Å². The summed E-state index contributed by atoms with van der Waals surface area (Å²) in [6.45, 7) is 0.208. The number of methoxy groups -OCH3 is 1. The smallest absolute Gasteiger partial charge is 0.330 e. The molecule has 0 bridgehead atoms. The van der Waals surface area contributed by atoms with Gasteiger partial charge in [-0.3, -0.25) is 4.79 Å². The number of carbonyl (C=O) groups excluding carboxylic acids is 2. The first-order valence-corrected chi connectivity index (χ1v) is 4.69. The third-order valence-corrected chi connectivity index (χ3v) is 1.84. The van der Waals surface area contributed by atoms with Crippen LogP contribution >= 0.6 is 0 Å². The van der Waals surface area contributed by atoms with Crippen molar-refractivity contribution in [2.75, 3.05) is 13.7 Å². The van der Waals surface area contributed by atoms with Gasteiger partial charge in [0.05, 0.1) is 12.7 Å². The molecule has 16 heavy (non-hydrogen) atoms. The summed E-state index contributed by atoms with van der Waals surface area (Å²) < 4.78 is 9.71. The topological polar surface area (TPSA) is 52.6 Å². The molecule has 0 saturated carbocycles. The molecule has 4 heteroatoms. The van der Waals surface area contributed by atoms with Crippen LogP contribution in [0.2, 0.25) is 0 Å². The van der Waals surface area contributed by atoms with Crippen LogP contribution in [0.1, 0.15) is 10.4 Å². The molecular formula is C12H12O4. The fraction of sp³-hybridized carbons (Fsp3) is 0.167. The number of rotatable bonds is 5. The van der Waals surface area contributed by atoms with Crippen LogP contribution in [0.15, 0.2) is 36.4 Å². The van der Waals surface area contributed by atoms with Crippen molar-refractivity contribution in [1.29, 1.82) is 0 Å². The molecule has 0 aliphatic carbocycles. The number of hydrogen-bond donors (Lipinski definition) is 0. The van der Waals surface area contributed by atoms with Crippen molar-refractivity contribution < 1.29 is 19.1 Å². The molecule has 1 rings (SSSR count). The molecule has 1 aromatic carbocycles. The van der Waals surface area contributed by atoms with Gasteiger partial charge in [0.25, 0.3) is 0 Å². The summed E-state index contributed by atoms with van der Waals surface area (Å²) in [6, 6.07) is 6.87. The highest BCUT2D eigenvalue weighted by molar-refractivity contribution is 5.81.